The van der Waals surface area contributed by atoms with Crippen molar-refractivity contribution in [3.63, 3.8) is 0 Å². The second-order valence-corrected chi connectivity index (χ2v) is 4.18. The van der Waals surface area contributed by atoms with Crippen molar-refractivity contribution in [2.45, 2.75) is 45.1 Å². The number of nitrogens with zero attached hydrogens (tertiary/aromatic N) is 2. The highest BCUT2D eigenvalue weighted by Gasteiger charge is 2.28. The van der Waals surface area contributed by atoms with E-state index in [-0.39, 0.29) is 0 Å². The Balaban J connectivity index is 1.78. The van der Waals surface area contributed by atoms with Gasteiger partial charge >= 0.3 is 0 Å². The first-order valence-electron chi connectivity index (χ1n) is 5.31. The molecule has 1 aromatic heterocycles. The minimum atomic E-state index is 0.515. The lowest BCUT2D eigenvalue weighted by Crippen LogP contribution is -2.25. The van der Waals surface area contributed by atoms with E-state index < -0.39 is 0 Å². The van der Waals surface area contributed by atoms with Crippen LogP contribution < -0.4 is 5.32 Å². The van der Waals surface area contributed by atoms with E-state index in [0.29, 0.717) is 12.0 Å². The highest BCUT2D eigenvalue weighted by atomic mass is 16.5. The summed E-state index contributed by atoms with van der Waals surface area (Å²) in [7, 11) is 0. The minimum Gasteiger partial charge on any atom is -0.339 e. The van der Waals surface area contributed by atoms with Crippen LogP contribution in [-0.4, -0.2) is 22.7 Å². The standard InChI is InChI=1S/C10H17N3O/c1-7(2)11-6-5-9-12-10(13-14-9)8-3-4-8/h7-8,11H,3-6H2,1-2H3. The van der Waals surface area contributed by atoms with Gasteiger partial charge in [-0.15, -0.1) is 0 Å². The van der Waals surface area contributed by atoms with Crippen LogP contribution in [0.2, 0.25) is 0 Å². The SMILES string of the molecule is CC(C)NCCc1nc(C2CC2)no1. The molecule has 1 heterocycles. The van der Waals surface area contributed by atoms with Crippen LogP contribution in [-0.2, 0) is 6.42 Å². The Morgan fingerprint density at radius 1 is 1.50 bits per heavy atom. The average Bonchev–Trinajstić information content (AvgIpc) is 2.87. The normalized spacial score (nSPS) is 16.5. The molecule has 1 saturated carbocycles. The Hall–Kier alpha value is -0.900. The molecule has 0 aromatic carbocycles. The summed E-state index contributed by atoms with van der Waals surface area (Å²) in [6, 6.07) is 0.515. The largest absolute Gasteiger partial charge is 0.339 e. The van der Waals surface area contributed by atoms with Crippen LogP contribution in [0.4, 0.5) is 0 Å². The van der Waals surface area contributed by atoms with Crippen molar-refractivity contribution in [1.82, 2.24) is 15.5 Å². The van der Waals surface area contributed by atoms with Crippen molar-refractivity contribution in [3.05, 3.63) is 11.7 Å². The molecule has 1 aromatic rings. The molecule has 0 spiro atoms. The molecule has 4 nitrogen and oxygen atoms in total. The van der Waals surface area contributed by atoms with Crippen LogP contribution in [0.25, 0.3) is 0 Å². The molecule has 1 aliphatic rings. The molecule has 14 heavy (non-hydrogen) atoms. The molecule has 1 fully saturated rings. The Morgan fingerprint density at radius 2 is 2.29 bits per heavy atom. The van der Waals surface area contributed by atoms with E-state index in [4.69, 9.17) is 4.52 Å². The maximum absolute atomic E-state index is 5.15. The molecule has 0 atom stereocenters. The van der Waals surface area contributed by atoms with Crippen LogP contribution in [0, 0.1) is 0 Å². The molecule has 0 saturated heterocycles. The van der Waals surface area contributed by atoms with E-state index in [2.05, 4.69) is 29.3 Å². The first-order chi connectivity index (χ1) is 6.75. The van der Waals surface area contributed by atoms with Gasteiger partial charge in [-0.3, -0.25) is 0 Å². The molecule has 0 unspecified atom stereocenters. The molecule has 0 bridgehead atoms. The summed E-state index contributed by atoms with van der Waals surface area (Å²) in [5.74, 6) is 2.26. The van der Waals surface area contributed by atoms with Crippen LogP contribution in [0.1, 0.15) is 44.3 Å². The third-order valence-electron chi connectivity index (χ3n) is 2.32. The van der Waals surface area contributed by atoms with Gasteiger partial charge in [-0.2, -0.15) is 4.98 Å². The predicted octanol–water partition coefficient (Wildman–Crippen LogP) is 1.49. The number of hydrogen-bond acceptors (Lipinski definition) is 4. The number of nitrogens with one attached hydrogen (secondary N) is 1. The zero-order chi connectivity index (χ0) is 9.97. The molecule has 1 aliphatic carbocycles. The lowest BCUT2D eigenvalue weighted by atomic mass is 10.3. The van der Waals surface area contributed by atoms with Crippen molar-refractivity contribution in [3.8, 4) is 0 Å². The number of rotatable bonds is 5. The maximum Gasteiger partial charge on any atom is 0.227 e. The Labute approximate surface area is 84.1 Å². The highest BCUT2D eigenvalue weighted by molar-refractivity contribution is 5.03. The average molecular weight is 195 g/mol. The quantitative estimate of drug-likeness (QED) is 0.773. The monoisotopic (exact) mass is 195 g/mol. The van der Waals surface area contributed by atoms with Gasteiger partial charge in [0.2, 0.25) is 5.89 Å². The smallest absolute Gasteiger partial charge is 0.227 e. The Morgan fingerprint density at radius 3 is 2.93 bits per heavy atom. The summed E-state index contributed by atoms with van der Waals surface area (Å²) in [4.78, 5) is 4.35. The Kier molecular flexibility index (Phi) is 2.82. The van der Waals surface area contributed by atoms with Crippen molar-refractivity contribution < 1.29 is 4.52 Å². The van der Waals surface area contributed by atoms with Gasteiger partial charge < -0.3 is 9.84 Å². The first kappa shape index (κ1) is 9.65. The third kappa shape index (κ3) is 2.54. The van der Waals surface area contributed by atoms with E-state index in [0.717, 1.165) is 24.7 Å². The zero-order valence-electron chi connectivity index (χ0n) is 8.79. The molecule has 2 rings (SSSR count). The first-order valence-corrected chi connectivity index (χ1v) is 5.31. The second-order valence-electron chi connectivity index (χ2n) is 4.18. The number of aromatic nitrogens is 2. The topological polar surface area (TPSA) is 51.0 Å². The van der Waals surface area contributed by atoms with Gasteiger partial charge in [0.05, 0.1) is 0 Å². The fourth-order valence-electron chi connectivity index (χ4n) is 1.34. The molecule has 0 amide bonds. The highest BCUT2D eigenvalue weighted by Crippen LogP contribution is 2.37. The summed E-state index contributed by atoms with van der Waals surface area (Å²) in [5, 5.41) is 7.28. The van der Waals surface area contributed by atoms with E-state index >= 15 is 0 Å². The van der Waals surface area contributed by atoms with Crippen LogP contribution in [0.5, 0.6) is 0 Å². The van der Waals surface area contributed by atoms with E-state index in [1.165, 1.54) is 12.8 Å². The van der Waals surface area contributed by atoms with Crippen LogP contribution in [0.15, 0.2) is 4.52 Å². The van der Waals surface area contributed by atoms with Crippen LogP contribution >= 0.6 is 0 Å². The van der Waals surface area contributed by atoms with E-state index in [1.807, 2.05) is 0 Å². The van der Waals surface area contributed by atoms with Gasteiger partial charge in [0, 0.05) is 24.9 Å². The molecule has 0 aliphatic heterocycles. The van der Waals surface area contributed by atoms with E-state index in [9.17, 15) is 0 Å². The van der Waals surface area contributed by atoms with Gasteiger partial charge in [0.15, 0.2) is 5.82 Å². The molecular weight excluding hydrogens is 178 g/mol. The lowest BCUT2D eigenvalue weighted by Gasteiger charge is -2.04. The van der Waals surface area contributed by atoms with E-state index in [1.54, 1.807) is 0 Å². The van der Waals surface area contributed by atoms with Gasteiger partial charge in [-0.05, 0) is 12.8 Å². The lowest BCUT2D eigenvalue weighted by molar-refractivity contribution is 0.369. The third-order valence-corrected chi connectivity index (χ3v) is 2.32. The van der Waals surface area contributed by atoms with Gasteiger partial charge in [-0.1, -0.05) is 19.0 Å². The van der Waals surface area contributed by atoms with Crippen molar-refractivity contribution >= 4 is 0 Å². The molecule has 78 valence electrons. The molecule has 1 N–H and O–H groups in total. The molecule has 0 radical (unpaired) electrons. The van der Waals surface area contributed by atoms with Gasteiger partial charge in [0.1, 0.15) is 0 Å². The second kappa shape index (κ2) is 4.09. The fraction of sp³-hybridized carbons (Fsp3) is 0.800. The maximum atomic E-state index is 5.15. The van der Waals surface area contributed by atoms with Crippen molar-refractivity contribution in [2.75, 3.05) is 6.54 Å². The zero-order valence-corrected chi connectivity index (χ0v) is 8.79. The summed E-state index contributed by atoms with van der Waals surface area (Å²) in [5.41, 5.74) is 0. The number of hydrogen-bond donors (Lipinski definition) is 1. The molecule has 4 heteroatoms. The van der Waals surface area contributed by atoms with Crippen LogP contribution in [0.3, 0.4) is 0 Å². The summed E-state index contributed by atoms with van der Waals surface area (Å²) < 4.78 is 5.15. The fourth-order valence-corrected chi connectivity index (χ4v) is 1.34. The van der Waals surface area contributed by atoms with Gasteiger partial charge in [0.25, 0.3) is 0 Å². The minimum absolute atomic E-state index is 0.515. The Bertz CT molecular complexity index is 291. The molecular formula is C10H17N3O. The summed E-state index contributed by atoms with van der Waals surface area (Å²) in [6.07, 6.45) is 3.28. The summed E-state index contributed by atoms with van der Waals surface area (Å²) >= 11 is 0. The predicted molar refractivity (Wildman–Crippen MR) is 53.1 cm³/mol. The van der Waals surface area contributed by atoms with Gasteiger partial charge in [-0.25, -0.2) is 0 Å². The summed E-state index contributed by atoms with van der Waals surface area (Å²) in [6.45, 7) is 5.16. The van der Waals surface area contributed by atoms with Crippen molar-refractivity contribution in [2.24, 2.45) is 0 Å². The van der Waals surface area contributed by atoms with Crippen molar-refractivity contribution in [1.29, 1.82) is 0 Å².